The lowest BCUT2D eigenvalue weighted by atomic mass is 10.0. The SMILES string of the molecule is CCCCCC/C=C\C/C=C\CCCCCCCC(=O)OCCCCCCCCCCC/C=C\C/C=C\CCCCCCCCCCCCCCCCCC(=O)NC(CO)C(O)CCCCCCCCCCCCCCCCCCCCCCC. The zero-order chi connectivity index (χ0) is 61.3. The van der Waals surface area contributed by atoms with Gasteiger partial charge in [0.25, 0.3) is 0 Å². The molecule has 2 atom stereocenters. The number of aliphatic hydroxyl groups is 2. The van der Waals surface area contributed by atoms with E-state index < -0.39 is 12.1 Å². The van der Waals surface area contributed by atoms with Crippen molar-refractivity contribution in [3.8, 4) is 0 Å². The number of carbonyl (C=O) groups excluding carboxylic acids is 2. The Morgan fingerprint density at radius 2 is 0.588 bits per heavy atom. The second-order valence-electron chi connectivity index (χ2n) is 26.3. The quantitative estimate of drug-likeness (QED) is 0.0320. The third kappa shape index (κ3) is 70.8. The molecule has 0 aliphatic heterocycles. The van der Waals surface area contributed by atoms with Gasteiger partial charge in [-0.15, -0.1) is 0 Å². The summed E-state index contributed by atoms with van der Waals surface area (Å²) in [5.41, 5.74) is 0. The summed E-state index contributed by atoms with van der Waals surface area (Å²) in [5.74, 6) is -0.0301. The standard InChI is InChI=1S/C79H149NO5/c1-3-5-7-9-11-13-15-17-19-21-22-34-37-40-43-47-51-55-59-63-67-71-77(82)76(75-81)80-78(83)72-68-64-60-56-52-48-44-41-38-35-32-30-28-26-24-23-25-27-29-31-33-36-39-42-46-50-54-58-62-66-70-74-85-79(84)73-69-65-61-57-53-49-45-20-18-16-14-12-10-8-6-4-2/h14,16,20,25,27,31,33,45,76-77,81-82H,3-13,15,17-19,21-24,26,28-30,32,34-44,46-75H2,1-2H3,(H,80,83)/b16-14-,27-25-,33-31-,45-20-. The van der Waals surface area contributed by atoms with Crippen LogP contribution >= 0.6 is 0 Å². The summed E-state index contributed by atoms with van der Waals surface area (Å²) >= 11 is 0. The Balaban J connectivity index is 3.40. The third-order valence-corrected chi connectivity index (χ3v) is 17.9. The van der Waals surface area contributed by atoms with Crippen molar-refractivity contribution in [1.82, 2.24) is 5.32 Å². The van der Waals surface area contributed by atoms with Gasteiger partial charge in [0, 0.05) is 12.8 Å². The second-order valence-corrected chi connectivity index (χ2v) is 26.3. The number of amides is 1. The molecule has 85 heavy (non-hydrogen) atoms. The van der Waals surface area contributed by atoms with Gasteiger partial charge in [0.15, 0.2) is 0 Å². The number of unbranched alkanes of at least 4 members (excludes halogenated alkanes) is 53. The fourth-order valence-electron chi connectivity index (χ4n) is 12.0. The molecule has 1 amide bonds. The topological polar surface area (TPSA) is 95.9 Å². The molecule has 3 N–H and O–H groups in total. The lowest BCUT2D eigenvalue weighted by Gasteiger charge is -2.22. The predicted molar refractivity (Wildman–Crippen MR) is 375 cm³/mol. The number of allylic oxidation sites excluding steroid dienone is 8. The highest BCUT2D eigenvalue weighted by Gasteiger charge is 2.20. The van der Waals surface area contributed by atoms with Gasteiger partial charge in [0.2, 0.25) is 5.91 Å². The van der Waals surface area contributed by atoms with Crippen LogP contribution in [0.2, 0.25) is 0 Å². The van der Waals surface area contributed by atoms with E-state index in [1.807, 2.05) is 0 Å². The molecule has 0 aromatic rings. The highest BCUT2D eigenvalue weighted by Crippen LogP contribution is 2.19. The fourth-order valence-corrected chi connectivity index (χ4v) is 12.0. The Bertz CT molecular complexity index is 1420. The van der Waals surface area contributed by atoms with Gasteiger partial charge >= 0.3 is 5.97 Å². The molecule has 0 saturated heterocycles. The molecule has 0 aromatic heterocycles. The summed E-state index contributed by atoms with van der Waals surface area (Å²) < 4.78 is 5.49. The minimum Gasteiger partial charge on any atom is -0.466 e. The highest BCUT2D eigenvalue weighted by molar-refractivity contribution is 5.76. The number of esters is 1. The average molecular weight is 1190 g/mol. The van der Waals surface area contributed by atoms with Crippen molar-refractivity contribution in [3.05, 3.63) is 48.6 Å². The van der Waals surface area contributed by atoms with E-state index in [2.05, 4.69) is 67.8 Å². The van der Waals surface area contributed by atoms with Crippen molar-refractivity contribution < 1.29 is 24.5 Å². The van der Waals surface area contributed by atoms with Crippen LogP contribution < -0.4 is 5.32 Å². The lowest BCUT2D eigenvalue weighted by Crippen LogP contribution is -2.45. The van der Waals surface area contributed by atoms with Crippen molar-refractivity contribution in [2.45, 2.75) is 431 Å². The molecule has 500 valence electrons. The minimum absolute atomic E-state index is 0.0000974. The maximum Gasteiger partial charge on any atom is 0.305 e. The van der Waals surface area contributed by atoms with E-state index in [1.54, 1.807) is 0 Å². The Labute approximate surface area is 531 Å². The van der Waals surface area contributed by atoms with Gasteiger partial charge in [-0.2, -0.15) is 0 Å². The monoisotopic (exact) mass is 1190 g/mol. The zero-order valence-electron chi connectivity index (χ0n) is 57.4. The summed E-state index contributed by atoms with van der Waals surface area (Å²) in [7, 11) is 0. The molecule has 0 heterocycles. The molecule has 0 aromatic carbocycles. The van der Waals surface area contributed by atoms with Crippen LogP contribution in [0.1, 0.15) is 418 Å². The van der Waals surface area contributed by atoms with Crippen LogP contribution in [0.4, 0.5) is 0 Å². The van der Waals surface area contributed by atoms with Crippen LogP contribution in [0.3, 0.4) is 0 Å². The maximum absolute atomic E-state index is 12.6. The van der Waals surface area contributed by atoms with Gasteiger partial charge in [-0.05, 0) is 89.9 Å². The van der Waals surface area contributed by atoms with Crippen molar-refractivity contribution in [1.29, 1.82) is 0 Å². The Kier molecular flexibility index (Phi) is 72.4. The van der Waals surface area contributed by atoms with Crippen LogP contribution in [-0.4, -0.2) is 47.4 Å². The maximum atomic E-state index is 12.6. The van der Waals surface area contributed by atoms with Crippen LogP contribution in [-0.2, 0) is 14.3 Å². The minimum atomic E-state index is -0.666. The van der Waals surface area contributed by atoms with E-state index in [9.17, 15) is 19.8 Å². The summed E-state index contributed by atoms with van der Waals surface area (Å²) in [4.78, 5) is 24.6. The first-order valence-electron chi connectivity index (χ1n) is 38.4. The van der Waals surface area contributed by atoms with Gasteiger partial charge < -0.3 is 20.3 Å². The van der Waals surface area contributed by atoms with E-state index >= 15 is 0 Å². The molecule has 0 fully saturated rings. The molecule has 6 heteroatoms. The molecular weight excluding hydrogens is 1040 g/mol. The highest BCUT2D eigenvalue weighted by atomic mass is 16.5. The molecule has 0 saturated carbocycles. The molecule has 0 radical (unpaired) electrons. The number of ether oxygens (including phenoxy) is 1. The van der Waals surface area contributed by atoms with Crippen LogP contribution in [0, 0.1) is 0 Å². The number of rotatable bonds is 72. The smallest absolute Gasteiger partial charge is 0.305 e. The lowest BCUT2D eigenvalue weighted by molar-refractivity contribution is -0.143. The Hall–Kier alpha value is -2.18. The summed E-state index contributed by atoms with van der Waals surface area (Å²) in [5, 5.41) is 23.4. The first kappa shape index (κ1) is 82.8. The van der Waals surface area contributed by atoms with Crippen LogP contribution in [0.25, 0.3) is 0 Å². The first-order chi connectivity index (χ1) is 42.0. The van der Waals surface area contributed by atoms with Crippen molar-refractivity contribution in [2.24, 2.45) is 0 Å². The summed E-state index contributed by atoms with van der Waals surface area (Å²) in [6.07, 6.45) is 97.5. The van der Waals surface area contributed by atoms with E-state index in [1.165, 1.54) is 327 Å². The molecule has 0 bridgehead atoms. The number of carbonyl (C=O) groups is 2. The summed E-state index contributed by atoms with van der Waals surface area (Å²) in [6, 6.07) is -0.543. The number of hydrogen-bond acceptors (Lipinski definition) is 5. The largest absolute Gasteiger partial charge is 0.466 e. The van der Waals surface area contributed by atoms with E-state index in [0.717, 1.165) is 57.8 Å². The zero-order valence-corrected chi connectivity index (χ0v) is 57.4. The second kappa shape index (κ2) is 74.3. The number of hydrogen-bond donors (Lipinski definition) is 3. The Morgan fingerprint density at radius 1 is 0.329 bits per heavy atom. The van der Waals surface area contributed by atoms with Gasteiger partial charge in [-0.25, -0.2) is 0 Å². The summed E-state index contributed by atoms with van der Waals surface area (Å²) in [6.45, 7) is 4.96. The van der Waals surface area contributed by atoms with E-state index in [4.69, 9.17) is 4.74 Å². The molecule has 0 aliphatic rings. The van der Waals surface area contributed by atoms with Gasteiger partial charge in [-0.3, -0.25) is 9.59 Å². The van der Waals surface area contributed by atoms with Crippen molar-refractivity contribution in [2.75, 3.05) is 13.2 Å². The average Bonchev–Trinajstić information content (AvgIpc) is 3.51. The first-order valence-corrected chi connectivity index (χ1v) is 38.4. The van der Waals surface area contributed by atoms with E-state index in [0.29, 0.717) is 25.9 Å². The normalized spacial score (nSPS) is 12.8. The molecule has 0 rings (SSSR count). The predicted octanol–water partition coefficient (Wildman–Crippen LogP) is 25.2. The third-order valence-electron chi connectivity index (χ3n) is 17.9. The van der Waals surface area contributed by atoms with Crippen LogP contribution in [0.15, 0.2) is 48.6 Å². The van der Waals surface area contributed by atoms with Gasteiger partial charge in [0.1, 0.15) is 0 Å². The fraction of sp³-hybridized carbons (Fsp3) is 0.873. The van der Waals surface area contributed by atoms with Crippen molar-refractivity contribution in [3.63, 3.8) is 0 Å². The van der Waals surface area contributed by atoms with Gasteiger partial charge in [-0.1, -0.05) is 364 Å². The van der Waals surface area contributed by atoms with E-state index in [-0.39, 0.29) is 18.5 Å². The number of nitrogens with one attached hydrogen (secondary N) is 1. The Morgan fingerprint density at radius 3 is 0.906 bits per heavy atom. The van der Waals surface area contributed by atoms with Gasteiger partial charge in [0.05, 0.1) is 25.4 Å². The molecule has 2 unspecified atom stereocenters. The molecular formula is C79H149NO5. The van der Waals surface area contributed by atoms with Crippen molar-refractivity contribution >= 4 is 11.9 Å². The number of aliphatic hydroxyl groups excluding tert-OH is 2. The van der Waals surface area contributed by atoms with Crippen LogP contribution in [0.5, 0.6) is 0 Å². The molecule has 6 nitrogen and oxygen atoms in total. The molecule has 0 spiro atoms. The molecule has 0 aliphatic carbocycles.